The van der Waals surface area contributed by atoms with Crippen LogP contribution in [0.25, 0.3) is 0 Å². The monoisotopic (exact) mass is 391 g/mol. The quantitative estimate of drug-likeness (QED) is 0.603. The van der Waals surface area contributed by atoms with E-state index in [0.717, 1.165) is 5.56 Å². The van der Waals surface area contributed by atoms with Crippen molar-refractivity contribution in [1.82, 2.24) is 5.32 Å². The van der Waals surface area contributed by atoms with Gasteiger partial charge in [-0.15, -0.1) is 0 Å². The van der Waals surface area contributed by atoms with Gasteiger partial charge >= 0.3 is 0 Å². The smallest absolute Gasteiger partial charge is 0.238 e. The lowest BCUT2D eigenvalue weighted by molar-refractivity contribution is -0.115. The summed E-state index contributed by atoms with van der Waals surface area (Å²) < 4.78 is 33.4. The average molecular weight is 391 g/mol. The number of nitrogens with one attached hydrogen (secondary N) is 2. The Morgan fingerprint density at radius 2 is 1.74 bits per heavy atom. The lowest BCUT2D eigenvalue weighted by Crippen LogP contribution is -2.29. The van der Waals surface area contributed by atoms with Crippen molar-refractivity contribution in [3.63, 3.8) is 0 Å². The number of nitrogens with two attached hydrogens (primary N) is 1. The summed E-state index contributed by atoms with van der Waals surface area (Å²) >= 11 is 0. The van der Waals surface area contributed by atoms with Gasteiger partial charge in [-0.25, -0.2) is 13.6 Å². The molecule has 0 bridgehead atoms. The molecule has 9 heteroatoms. The van der Waals surface area contributed by atoms with Crippen LogP contribution in [0.3, 0.4) is 0 Å². The van der Waals surface area contributed by atoms with Crippen LogP contribution < -0.4 is 25.2 Å². The van der Waals surface area contributed by atoms with Crippen molar-refractivity contribution < 1.29 is 22.7 Å². The first-order valence-corrected chi connectivity index (χ1v) is 9.98. The number of hydrogen-bond acceptors (Lipinski definition) is 6. The molecule has 0 radical (unpaired) electrons. The van der Waals surface area contributed by atoms with Gasteiger partial charge in [-0.05, 0) is 42.8 Å². The van der Waals surface area contributed by atoms with Crippen LogP contribution in [0.4, 0.5) is 5.69 Å². The van der Waals surface area contributed by atoms with Gasteiger partial charge in [-0.2, -0.15) is 0 Å². The van der Waals surface area contributed by atoms with Crippen molar-refractivity contribution in [2.24, 2.45) is 5.14 Å². The van der Waals surface area contributed by atoms with E-state index in [9.17, 15) is 13.2 Å². The molecule has 4 N–H and O–H groups in total. The first-order chi connectivity index (χ1) is 12.9. The summed E-state index contributed by atoms with van der Waals surface area (Å²) in [6.07, 6.45) is 0.655. The molecule has 1 aliphatic rings. The Kier molecular flexibility index (Phi) is 5.94. The fourth-order valence-electron chi connectivity index (χ4n) is 2.61. The Labute approximate surface area is 157 Å². The van der Waals surface area contributed by atoms with E-state index in [2.05, 4.69) is 10.6 Å². The van der Waals surface area contributed by atoms with Gasteiger partial charge < -0.3 is 20.1 Å². The fourth-order valence-corrected chi connectivity index (χ4v) is 3.12. The zero-order chi connectivity index (χ0) is 19.3. The summed E-state index contributed by atoms with van der Waals surface area (Å²) in [5, 5.41) is 10.9. The topological polar surface area (TPSA) is 120 Å². The molecule has 2 aromatic carbocycles. The Balaban J connectivity index is 1.42. The molecule has 0 unspecified atom stereocenters. The molecule has 8 nitrogen and oxygen atoms in total. The maximum atomic E-state index is 12.0. The van der Waals surface area contributed by atoms with E-state index >= 15 is 0 Å². The second-order valence-corrected chi connectivity index (χ2v) is 7.58. The Bertz CT molecular complexity index is 913. The van der Waals surface area contributed by atoms with Gasteiger partial charge in [0.25, 0.3) is 0 Å². The molecule has 0 atom stereocenters. The maximum Gasteiger partial charge on any atom is 0.238 e. The maximum absolute atomic E-state index is 12.0. The highest BCUT2D eigenvalue weighted by Crippen LogP contribution is 2.32. The number of benzene rings is 2. The Morgan fingerprint density at radius 1 is 1.04 bits per heavy atom. The number of ether oxygens (including phenoxy) is 2. The highest BCUT2D eigenvalue weighted by Gasteiger charge is 2.12. The standard InChI is InChI=1S/C18H21N3O5S/c19-27(23,24)15-4-1-13(2-5-15)7-8-20-12-18(22)21-14-3-6-16-17(11-14)26-10-9-25-16/h1-6,11,20H,7-10,12H2,(H,21,22)(H2,19,23,24). The number of carbonyl (C=O) groups is 1. The minimum Gasteiger partial charge on any atom is -0.486 e. The SMILES string of the molecule is NS(=O)(=O)c1ccc(CCNCC(=O)Nc2ccc3c(c2)OCCO3)cc1. The predicted octanol–water partition coefficient (Wildman–Crippen LogP) is 0.876. The molecule has 0 aromatic heterocycles. The number of primary sulfonamides is 1. The van der Waals surface area contributed by atoms with Gasteiger partial charge in [-0.1, -0.05) is 12.1 Å². The minimum absolute atomic E-state index is 0.0815. The van der Waals surface area contributed by atoms with E-state index in [-0.39, 0.29) is 17.3 Å². The summed E-state index contributed by atoms with van der Waals surface area (Å²) in [5.41, 5.74) is 1.59. The molecular weight excluding hydrogens is 370 g/mol. The van der Waals surface area contributed by atoms with E-state index in [0.29, 0.717) is 43.4 Å². The van der Waals surface area contributed by atoms with Crippen LogP contribution in [0.5, 0.6) is 11.5 Å². The normalized spacial score (nSPS) is 13.2. The first kappa shape index (κ1) is 19.2. The second-order valence-electron chi connectivity index (χ2n) is 6.02. The van der Waals surface area contributed by atoms with E-state index in [1.807, 2.05) is 0 Å². The van der Waals surface area contributed by atoms with Gasteiger partial charge in [0, 0.05) is 11.8 Å². The number of amides is 1. The lowest BCUT2D eigenvalue weighted by Gasteiger charge is -2.19. The van der Waals surface area contributed by atoms with Gasteiger partial charge in [-0.3, -0.25) is 4.79 Å². The van der Waals surface area contributed by atoms with Crippen LogP contribution >= 0.6 is 0 Å². The van der Waals surface area contributed by atoms with Crippen molar-refractivity contribution in [3.8, 4) is 11.5 Å². The molecule has 1 aliphatic heterocycles. The highest BCUT2D eigenvalue weighted by atomic mass is 32.2. The number of fused-ring (bicyclic) bond motifs is 1. The highest BCUT2D eigenvalue weighted by molar-refractivity contribution is 7.89. The van der Waals surface area contributed by atoms with E-state index in [1.165, 1.54) is 12.1 Å². The Hall–Kier alpha value is -2.62. The summed E-state index contributed by atoms with van der Waals surface area (Å²) in [6.45, 7) is 1.74. The molecule has 0 fully saturated rings. The van der Waals surface area contributed by atoms with Crippen LogP contribution in [0.1, 0.15) is 5.56 Å². The average Bonchev–Trinajstić information content (AvgIpc) is 2.65. The zero-order valence-electron chi connectivity index (χ0n) is 14.6. The van der Waals surface area contributed by atoms with Crippen LogP contribution in [-0.4, -0.2) is 40.6 Å². The van der Waals surface area contributed by atoms with Crippen molar-refractivity contribution in [3.05, 3.63) is 48.0 Å². The van der Waals surface area contributed by atoms with Crippen molar-refractivity contribution in [1.29, 1.82) is 0 Å². The minimum atomic E-state index is -3.68. The molecule has 1 heterocycles. The number of anilines is 1. The van der Waals surface area contributed by atoms with Crippen LogP contribution in [0.2, 0.25) is 0 Å². The molecular formula is C18H21N3O5S. The lowest BCUT2D eigenvalue weighted by atomic mass is 10.1. The number of rotatable bonds is 7. The van der Waals surface area contributed by atoms with Gasteiger partial charge in [0.1, 0.15) is 13.2 Å². The summed E-state index contributed by atoms with van der Waals surface area (Å²) in [7, 11) is -3.68. The number of carbonyl (C=O) groups excluding carboxylic acids is 1. The Morgan fingerprint density at radius 3 is 2.44 bits per heavy atom. The summed E-state index contributed by atoms with van der Waals surface area (Å²) in [4.78, 5) is 12.1. The molecule has 1 amide bonds. The molecule has 0 saturated heterocycles. The third-order valence-corrected chi connectivity index (χ3v) is 4.88. The van der Waals surface area contributed by atoms with Gasteiger partial charge in [0.05, 0.1) is 11.4 Å². The van der Waals surface area contributed by atoms with E-state index < -0.39 is 10.0 Å². The van der Waals surface area contributed by atoms with Crippen LogP contribution in [0.15, 0.2) is 47.4 Å². The third-order valence-electron chi connectivity index (χ3n) is 3.95. The molecule has 0 aliphatic carbocycles. The van der Waals surface area contributed by atoms with Crippen LogP contribution in [0, 0.1) is 0 Å². The third kappa shape index (κ3) is 5.43. The molecule has 0 saturated carbocycles. The van der Waals surface area contributed by atoms with Gasteiger partial charge in [0.2, 0.25) is 15.9 Å². The molecule has 27 heavy (non-hydrogen) atoms. The van der Waals surface area contributed by atoms with E-state index in [4.69, 9.17) is 14.6 Å². The van der Waals surface area contributed by atoms with E-state index in [1.54, 1.807) is 30.3 Å². The fraction of sp³-hybridized carbons (Fsp3) is 0.278. The van der Waals surface area contributed by atoms with Crippen molar-refractivity contribution in [2.75, 3.05) is 31.6 Å². The first-order valence-electron chi connectivity index (χ1n) is 8.44. The molecule has 3 rings (SSSR count). The van der Waals surface area contributed by atoms with Gasteiger partial charge in [0.15, 0.2) is 11.5 Å². The van der Waals surface area contributed by atoms with Crippen molar-refractivity contribution >= 4 is 21.6 Å². The second kappa shape index (κ2) is 8.38. The largest absolute Gasteiger partial charge is 0.486 e. The molecule has 0 spiro atoms. The van der Waals surface area contributed by atoms with Crippen molar-refractivity contribution in [2.45, 2.75) is 11.3 Å². The zero-order valence-corrected chi connectivity index (χ0v) is 15.4. The number of sulfonamides is 1. The predicted molar refractivity (Wildman–Crippen MR) is 100 cm³/mol. The number of hydrogen-bond donors (Lipinski definition) is 3. The molecule has 144 valence electrons. The van der Waals surface area contributed by atoms with Crippen LogP contribution in [-0.2, 0) is 21.2 Å². The molecule has 2 aromatic rings. The summed E-state index contributed by atoms with van der Waals surface area (Å²) in [5.74, 6) is 1.12. The summed E-state index contributed by atoms with van der Waals surface area (Å²) in [6, 6.07) is 11.6.